The molecule has 0 aliphatic carbocycles. The van der Waals surface area contributed by atoms with Gasteiger partial charge < -0.3 is 14.5 Å². The van der Waals surface area contributed by atoms with Crippen molar-refractivity contribution in [2.75, 3.05) is 45.2 Å². The average Bonchev–Trinajstić information content (AvgIpc) is 3.11. The Kier molecular flexibility index (Phi) is 6.57. The zero-order valence-corrected chi connectivity index (χ0v) is 15.0. The Hall–Kier alpha value is -1.50. The second-order valence-electron chi connectivity index (χ2n) is 5.72. The summed E-state index contributed by atoms with van der Waals surface area (Å²) in [7, 11) is 0. The zero-order valence-electron chi connectivity index (χ0n) is 14.2. The molecule has 2 heterocycles. The fourth-order valence-electron chi connectivity index (χ4n) is 2.78. The molecule has 24 heavy (non-hydrogen) atoms. The van der Waals surface area contributed by atoms with Crippen LogP contribution in [0.3, 0.4) is 0 Å². The van der Waals surface area contributed by atoms with E-state index in [4.69, 9.17) is 9.47 Å². The molecule has 0 spiro atoms. The number of aromatic nitrogens is 2. The molecule has 6 heteroatoms. The number of hydrogen-bond donors (Lipinski definition) is 1. The number of ether oxygens (including phenoxy) is 2. The van der Waals surface area contributed by atoms with Crippen molar-refractivity contribution in [2.45, 2.75) is 18.2 Å². The summed E-state index contributed by atoms with van der Waals surface area (Å²) >= 11 is 1.91. The molecule has 0 atom stereocenters. The van der Waals surface area contributed by atoms with Crippen LogP contribution in [-0.2, 0) is 11.2 Å². The maximum atomic E-state index is 5.66. The van der Waals surface area contributed by atoms with Crippen LogP contribution < -0.4 is 4.74 Å². The van der Waals surface area contributed by atoms with Crippen LogP contribution in [0.15, 0.2) is 35.5 Å². The number of hydrogen-bond acceptors (Lipinski definition) is 5. The van der Waals surface area contributed by atoms with E-state index in [0.717, 1.165) is 56.6 Å². The van der Waals surface area contributed by atoms with Crippen molar-refractivity contribution in [1.82, 2.24) is 14.9 Å². The molecule has 1 aromatic heterocycles. The highest BCUT2D eigenvalue weighted by Crippen LogP contribution is 2.28. The summed E-state index contributed by atoms with van der Waals surface area (Å²) in [6, 6.07) is 6.38. The van der Waals surface area contributed by atoms with Gasteiger partial charge in [0.05, 0.1) is 19.8 Å². The van der Waals surface area contributed by atoms with E-state index in [1.54, 1.807) is 6.20 Å². The molecule has 0 unspecified atom stereocenters. The van der Waals surface area contributed by atoms with Gasteiger partial charge in [-0.2, -0.15) is 0 Å². The predicted octanol–water partition coefficient (Wildman–Crippen LogP) is 2.82. The fourth-order valence-corrected chi connectivity index (χ4v) is 3.83. The van der Waals surface area contributed by atoms with Gasteiger partial charge in [-0.3, -0.25) is 4.90 Å². The van der Waals surface area contributed by atoms with E-state index in [2.05, 4.69) is 33.1 Å². The van der Waals surface area contributed by atoms with Crippen LogP contribution >= 0.6 is 11.8 Å². The molecule has 2 aromatic rings. The van der Waals surface area contributed by atoms with E-state index in [1.807, 2.05) is 24.9 Å². The molecule has 0 radical (unpaired) electrons. The van der Waals surface area contributed by atoms with Gasteiger partial charge in [-0.1, -0.05) is 0 Å². The maximum Gasteiger partial charge on any atom is 0.119 e. The molecule has 3 rings (SSSR count). The van der Waals surface area contributed by atoms with E-state index in [9.17, 15) is 0 Å². The number of morpholine rings is 1. The Labute approximate surface area is 147 Å². The van der Waals surface area contributed by atoms with Crippen molar-refractivity contribution in [2.24, 2.45) is 0 Å². The Morgan fingerprint density at radius 1 is 1.33 bits per heavy atom. The third-order valence-corrected chi connectivity index (χ3v) is 5.12. The minimum absolute atomic E-state index is 0.684. The molecule has 5 nitrogen and oxygen atoms in total. The Morgan fingerprint density at radius 3 is 2.96 bits per heavy atom. The van der Waals surface area contributed by atoms with E-state index >= 15 is 0 Å². The number of H-pyrrole nitrogens is 1. The van der Waals surface area contributed by atoms with Crippen LogP contribution in [0, 0.1) is 0 Å². The topological polar surface area (TPSA) is 50.4 Å². The van der Waals surface area contributed by atoms with Crippen molar-refractivity contribution >= 4 is 11.8 Å². The smallest absolute Gasteiger partial charge is 0.119 e. The minimum Gasteiger partial charge on any atom is -0.494 e. The second kappa shape index (κ2) is 9.11. The first-order valence-electron chi connectivity index (χ1n) is 8.52. The Balaban J connectivity index is 1.63. The van der Waals surface area contributed by atoms with Crippen LogP contribution in [0.1, 0.15) is 18.3 Å². The van der Waals surface area contributed by atoms with Crippen LogP contribution in [-0.4, -0.2) is 60.1 Å². The lowest BCUT2D eigenvalue weighted by Crippen LogP contribution is -2.37. The van der Waals surface area contributed by atoms with Crippen molar-refractivity contribution in [1.29, 1.82) is 0 Å². The first-order valence-corrected chi connectivity index (χ1v) is 9.50. The van der Waals surface area contributed by atoms with E-state index in [-0.39, 0.29) is 0 Å². The lowest BCUT2D eigenvalue weighted by atomic mass is 10.1. The van der Waals surface area contributed by atoms with Crippen LogP contribution in [0.25, 0.3) is 0 Å². The van der Waals surface area contributed by atoms with Gasteiger partial charge in [0.2, 0.25) is 0 Å². The van der Waals surface area contributed by atoms with Gasteiger partial charge in [0.1, 0.15) is 11.6 Å². The highest BCUT2D eigenvalue weighted by molar-refractivity contribution is 7.99. The molecule has 0 saturated carbocycles. The fraction of sp³-hybridized carbons (Fsp3) is 0.500. The third kappa shape index (κ3) is 5.00. The number of rotatable bonds is 8. The molecule has 1 N–H and O–H groups in total. The molecule has 0 bridgehead atoms. The molecular formula is C18H25N3O2S. The molecule has 130 valence electrons. The van der Waals surface area contributed by atoms with Gasteiger partial charge in [0, 0.05) is 49.1 Å². The summed E-state index contributed by atoms with van der Waals surface area (Å²) in [6.45, 7) is 7.60. The van der Waals surface area contributed by atoms with Gasteiger partial charge >= 0.3 is 0 Å². The van der Waals surface area contributed by atoms with E-state index in [1.165, 1.54) is 10.5 Å². The summed E-state index contributed by atoms with van der Waals surface area (Å²) < 4.78 is 11.1. The first kappa shape index (κ1) is 17.3. The number of thioether (sulfide) groups is 1. The van der Waals surface area contributed by atoms with Crippen LogP contribution in [0.5, 0.6) is 5.75 Å². The number of imidazole rings is 1. The second-order valence-corrected chi connectivity index (χ2v) is 6.85. The molecule has 1 fully saturated rings. The highest BCUT2D eigenvalue weighted by Gasteiger charge is 2.12. The molecule has 1 aromatic carbocycles. The monoisotopic (exact) mass is 347 g/mol. The van der Waals surface area contributed by atoms with Gasteiger partial charge in [0.15, 0.2) is 0 Å². The number of benzene rings is 1. The van der Waals surface area contributed by atoms with E-state index in [0.29, 0.717) is 6.61 Å². The summed E-state index contributed by atoms with van der Waals surface area (Å²) in [5.74, 6) is 2.99. The number of aromatic amines is 1. The van der Waals surface area contributed by atoms with Crippen LogP contribution in [0.2, 0.25) is 0 Å². The van der Waals surface area contributed by atoms with Gasteiger partial charge in [-0.25, -0.2) is 4.98 Å². The molecule has 1 saturated heterocycles. The van der Waals surface area contributed by atoms with Gasteiger partial charge in [-0.05, 0) is 30.7 Å². The molecule has 1 aliphatic rings. The van der Waals surface area contributed by atoms with Crippen molar-refractivity contribution in [3.63, 3.8) is 0 Å². The zero-order chi connectivity index (χ0) is 16.6. The summed E-state index contributed by atoms with van der Waals surface area (Å²) in [6.07, 6.45) is 4.47. The van der Waals surface area contributed by atoms with Crippen molar-refractivity contribution < 1.29 is 9.47 Å². The van der Waals surface area contributed by atoms with Gasteiger partial charge in [-0.15, -0.1) is 11.8 Å². The minimum atomic E-state index is 0.684. The Bertz CT molecular complexity index is 613. The largest absolute Gasteiger partial charge is 0.494 e. The Morgan fingerprint density at radius 2 is 2.21 bits per heavy atom. The summed E-state index contributed by atoms with van der Waals surface area (Å²) in [5, 5.41) is 0. The molecule has 1 aliphatic heterocycles. The number of nitrogens with one attached hydrogen (secondary N) is 1. The first-order chi connectivity index (χ1) is 11.8. The van der Waals surface area contributed by atoms with Crippen LogP contribution in [0.4, 0.5) is 0 Å². The molecule has 0 amide bonds. The summed E-state index contributed by atoms with van der Waals surface area (Å²) in [5.41, 5.74) is 1.27. The lowest BCUT2D eigenvalue weighted by Gasteiger charge is -2.26. The van der Waals surface area contributed by atoms with E-state index < -0.39 is 0 Å². The summed E-state index contributed by atoms with van der Waals surface area (Å²) in [4.78, 5) is 11.3. The third-order valence-electron chi connectivity index (χ3n) is 4.02. The quantitative estimate of drug-likeness (QED) is 0.744. The normalized spacial score (nSPS) is 15.5. The SMILES string of the molecule is CCOc1ccc(SCCN2CCOCC2)c(Cc2ncc[nH]2)c1. The molecular weight excluding hydrogens is 322 g/mol. The van der Waals surface area contributed by atoms with Crippen molar-refractivity contribution in [3.05, 3.63) is 42.0 Å². The lowest BCUT2D eigenvalue weighted by molar-refractivity contribution is 0.0410. The van der Waals surface area contributed by atoms with Gasteiger partial charge in [0.25, 0.3) is 0 Å². The standard InChI is InChI=1S/C18H25N3O2S/c1-2-23-16-3-4-17(15(13-16)14-18-19-5-6-20-18)24-12-9-21-7-10-22-11-8-21/h3-6,13H,2,7-12,14H2,1H3,(H,19,20). The average molecular weight is 347 g/mol. The number of nitrogens with zero attached hydrogens (tertiary/aromatic N) is 2. The van der Waals surface area contributed by atoms with Crippen molar-refractivity contribution in [3.8, 4) is 5.75 Å². The predicted molar refractivity (Wildman–Crippen MR) is 97.0 cm³/mol. The highest BCUT2D eigenvalue weighted by atomic mass is 32.2. The maximum absolute atomic E-state index is 5.66.